The van der Waals surface area contributed by atoms with Crippen LogP contribution in [0.25, 0.3) is 0 Å². The van der Waals surface area contributed by atoms with Gasteiger partial charge in [-0.1, -0.05) is 43.1 Å². The lowest BCUT2D eigenvalue weighted by Crippen LogP contribution is -2.40. The van der Waals surface area contributed by atoms with Crippen molar-refractivity contribution in [2.45, 2.75) is 33.1 Å². The normalized spacial score (nSPS) is 15.5. The lowest BCUT2D eigenvalue weighted by atomic mass is 10.0. The Morgan fingerprint density at radius 2 is 1.91 bits per heavy atom. The van der Waals surface area contributed by atoms with Gasteiger partial charge in [0.2, 0.25) is 11.8 Å². The van der Waals surface area contributed by atoms with E-state index in [1.165, 1.54) is 0 Å². The second kappa shape index (κ2) is 6.88. The molecule has 1 aromatic carbocycles. The van der Waals surface area contributed by atoms with Gasteiger partial charge in [0.25, 0.3) is 0 Å². The van der Waals surface area contributed by atoms with Crippen molar-refractivity contribution in [3.63, 3.8) is 0 Å². The fraction of sp³-hybridized carbons (Fsp3) is 0.500. The van der Waals surface area contributed by atoms with Crippen LogP contribution < -0.4 is 10.6 Å². The van der Waals surface area contributed by atoms with E-state index in [1.807, 2.05) is 0 Å². The molecular formula is C16H20Cl2N2O2. The summed E-state index contributed by atoms with van der Waals surface area (Å²) < 4.78 is 0. The Balaban J connectivity index is 1.99. The maximum atomic E-state index is 12.4. The van der Waals surface area contributed by atoms with Crippen molar-refractivity contribution in [3.05, 3.63) is 28.2 Å². The highest BCUT2D eigenvalue weighted by Crippen LogP contribution is 2.47. The molecule has 1 aromatic rings. The van der Waals surface area contributed by atoms with Gasteiger partial charge in [-0.15, -0.1) is 0 Å². The number of benzene rings is 1. The minimum absolute atomic E-state index is 0.205. The van der Waals surface area contributed by atoms with Crippen LogP contribution in [0.5, 0.6) is 0 Å². The summed E-state index contributed by atoms with van der Waals surface area (Å²) in [4.78, 5) is 24.7. The Kier molecular flexibility index (Phi) is 5.35. The van der Waals surface area contributed by atoms with Crippen molar-refractivity contribution in [3.8, 4) is 0 Å². The molecule has 22 heavy (non-hydrogen) atoms. The summed E-state index contributed by atoms with van der Waals surface area (Å²) in [6.45, 7) is 4.77. The minimum atomic E-state index is -0.956. The summed E-state index contributed by atoms with van der Waals surface area (Å²) >= 11 is 12.0. The molecule has 6 heteroatoms. The van der Waals surface area contributed by atoms with E-state index in [-0.39, 0.29) is 16.8 Å². The van der Waals surface area contributed by atoms with Crippen LogP contribution in [0, 0.1) is 11.3 Å². The SMILES string of the molecule is CC(C)CCNC(=O)C1(C(=O)Nc2cccc(Cl)c2Cl)CC1. The molecule has 0 atom stereocenters. The number of carbonyl (C=O) groups is 2. The van der Waals surface area contributed by atoms with Crippen molar-refractivity contribution in [1.29, 1.82) is 0 Å². The van der Waals surface area contributed by atoms with Crippen LogP contribution in [0.1, 0.15) is 33.1 Å². The second-order valence-electron chi connectivity index (χ2n) is 6.08. The second-order valence-corrected chi connectivity index (χ2v) is 6.86. The molecule has 2 amide bonds. The Bertz CT molecular complexity index is 584. The molecule has 1 saturated carbocycles. The Labute approximate surface area is 140 Å². The number of amides is 2. The highest BCUT2D eigenvalue weighted by molar-refractivity contribution is 6.44. The zero-order chi connectivity index (χ0) is 16.3. The topological polar surface area (TPSA) is 58.2 Å². The highest BCUT2D eigenvalue weighted by Gasteiger charge is 2.56. The van der Waals surface area contributed by atoms with E-state index in [2.05, 4.69) is 24.5 Å². The van der Waals surface area contributed by atoms with Crippen molar-refractivity contribution in [1.82, 2.24) is 5.32 Å². The standard InChI is InChI=1S/C16H20Cl2N2O2/c1-10(2)6-9-19-14(21)16(7-8-16)15(22)20-12-5-3-4-11(17)13(12)18/h3-5,10H,6-9H2,1-2H3,(H,19,21)(H,20,22). The molecule has 0 radical (unpaired) electrons. The number of nitrogens with one attached hydrogen (secondary N) is 2. The van der Waals surface area contributed by atoms with Gasteiger partial charge in [0.15, 0.2) is 0 Å². The Morgan fingerprint density at radius 3 is 2.50 bits per heavy atom. The summed E-state index contributed by atoms with van der Waals surface area (Å²) in [5.41, 5.74) is -0.525. The van der Waals surface area contributed by atoms with Crippen LogP contribution in [-0.4, -0.2) is 18.4 Å². The fourth-order valence-corrected chi connectivity index (χ4v) is 2.52. The smallest absolute Gasteiger partial charge is 0.240 e. The van der Waals surface area contributed by atoms with E-state index in [4.69, 9.17) is 23.2 Å². The highest BCUT2D eigenvalue weighted by atomic mass is 35.5. The van der Waals surface area contributed by atoms with Crippen molar-refractivity contribution in [2.75, 3.05) is 11.9 Å². The molecule has 0 heterocycles. The molecule has 4 nitrogen and oxygen atoms in total. The fourth-order valence-electron chi connectivity index (χ4n) is 2.17. The van der Waals surface area contributed by atoms with Gasteiger partial charge in [-0.3, -0.25) is 9.59 Å². The first kappa shape index (κ1) is 17.1. The average molecular weight is 343 g/mol. The van der Waals surface area contributed by atoms with Gasteiger partial charge in [0, 0.05) is 6.54 Å². The molecule has 0 bridgehead atoms. The maximum absolute atomic E-state index is 12.4. The first-order valence-corrected chi connectivity index (χ1v) is 8.16. The lowest BCUT2D eigenvalue weighted by molar-refractivity contribution is -0.134. The van der Waals surface area contributed by atoms with Gasteiger partial charge in [-0.2, -0.15) is 0 Å². The van der Waals surface area contributed by atoms with Crippen LogP contribution in [0.3, 0.4) is 0 Å². The molecular weight excluding hydrogens is 323 g/mol. The van der Waals surface area contributed by atoms with Crippen LogP contribution in [0.2, 0.25) is 10.0 Å². The van der Waals surface area contributed by atoms with Gasteiger partial charge < -0.3 is 10.6 Å². The molecule has 1 aliphatic rings. The molecule has 0 unspecified atom stereocenters. The maximum Gasteiger partial charge on any atom is 0.240 e. The molecule has 2 N–H and O–H groups in total. The van der Waals surface area contributed by atoms with Gasteiger partial charge in [-0.25, -0.2) is 0 Å². The zero-order valence-corrected chi connectivity index (χ0v) is 14.2. The molecule has 0 aromatic heterocycles. The Hall–Kier alpha value is -1.26. The van der Waals surface area contributed by atoms with E-state index in [1.54, 1.807) is 18.2 Å². The van der Waals surface area contributed by atoms with Crippen molar-refractivity contribution < 1.29 is 9.59 Å². The van der Waals surface area contributed by atoms with Crippen LogP contribution >= 0.6 is 23.2 Å². The summed E-state index contributed by atoms with van der Waals surface area (Å²) in [5.74, 6) is -0.0166. The van der Waals surface area contributed by atoms with E-state index in [0.717, 1.165) is 6.42 Å². The molecule has 2 rings (SSSR count). The third-order valence-electron chi connectivity index (χ3n) is 3.83. The predicted molar refractivity (Wildman–Crippen MR) is 89.2 cm³/mol. The Morgan fingerprint density at radius 1 is 1.23 bits per heavy atom. The lowest BCUT2D eigenvalue weighted by Gasteiger charge is -2.16. The minimum Gasteiger partial charge on any atom is -0.355 e. The number of rotatable bonds is 6. The molecule has 0 aliphatic heterocycles. The quantitative estimate of drug-likeness (QED) is 0.771. The summed E-state index contributed by atoms with van der Waals surface area (Å²) in [6, 6.07) is 5.01. The first-order chi connectivity index (χ1) is 10.4. The van der Waals surface area contributed by atoms with E-state index in [9.17, 15) is 9.59 Å². The largest absolute Gasteiger partial charge is 0.355 e. The van der Waals surface area contributed by atoms with E-state index >= 15 is 0 Å². The molecule has 0 saturated heterocycles. The van der Waals surface area contributed by atoms with Crippen molar-refractivity contribution >= 4 is 40.7 Å². The monoisotopic (exact) mass is 342 g/mol. The van der Waals surface area contributed by atoms with Gasteiger partial charge in [0.1, 0.15) is 5.41 Å². The van der Waals surface area contributed by atoms with E-state index < -0.39 is 5.41 Å². The number of anilines is 1. The van der Waals surface area contributed by atoms with Crippen LogP contribution in [0.4, 0.5) is 5.69 Å². The first-order valence-electron chi connectivity index (χ1n) is 7.40. The van der Waals surface area contributed by atoms with Gasteiger partial charge in [-0.05, 0) is 37.3 Å². The number of halogens is 2. The third-order valence-corrected chi connectivity index (χ3v) is 4.65. The molecule has 0 spiro atoms. The zero-order valence-electron chi connectivity index (χ0n) is 12.7. The van der Waals surface area contributed by atoms with Gasteiger partial charge in [0.05, 0.1) is 15.7 Å². The summed E-state index contributed by atoms with van der Waals surface area (Å²) in [7, 11) is 0. The molecule has 1 fully saturated rings. The molecule has 1 aliphatic carbocycles. The average Bonchev–Trinajstić information content (AvgIpc) is 3.25. The molecule has 120 valence electrons. The third kappa shape index (κ3) is 3.73. The van der Waals surface area contributed by atoms with Crippen molar-refractivity contribution in [2.24, 2.45) is 11.3 Å². The van der Waals surface area contributed by atoms with Crippen LogP contribution in [0.15, 0.2) is 18.2 Å². The van der Waals surface area contributed by atoms with Crippen LogP contribution in [-0.2, 0) is 9.59 Å². The summed E-state index contributed by atoms with van der Waals surface area (Å²) in [5, 5.41) is 6.22. The van der Waals surface area contributed by atoms with Gasteiger partial charge >= 0.3 is 0 Å². The summed E-state index contributed by atoms with van der Waals surface area (Å²) in [6.07, 6.45) is 2.01. The van der Waals surface area contributed by atoms with E-state index in [0.29, 0.717) is 36.0 Å². The number of hydrogen-bond acceptors (Lipinski definition) is 2. The number of carbonyl (C=O) groups excluding carboxylic acids is 2. The predicted octanol–water partition coefficient (Wildman–Crippen LogP) is 3.87. The number of hydrogen-bond donors (Lipinski definition) is 2.